The van der Waals surface area contributed by atoms with E-state index in [0.29, 0.717) is 6.61 Å². The Balaban J connectivity index is 2.07. The van der Waals surface area contributed by atoms with Crippen LogP contribution in [-0.2, 0) is 14.9 Å². The molecule has 1 heterocycles. The molecule has 18 heavy (non-hydrogen) atoms. The minimum atomic E-state index is -0.466. The van der Waals surface area contributed by atoms with Crippen molar-refractivity contribution >= 4 is 27.4 Å². The van der Waals surface area contributed by atoms with Gasteiger partial charge in [-0.05, 0) is 48.2 Å². The summed E-state index contributed by atoms with van der Waals surface area (Å²) in [6.45, 7) is 2.21. The molecule has 2 nitrogen and oxygen atoms in total. The lowest BCUT2D eigenvalue weighted by Gasteiger charge is -2.13. The standard InChI is InChI=1S/C14H13FO2S/c1-2-17-13(16)14(5-6-14)11-8-18-12-7-9(15)3-4-10(11)12/h3-4,7-8H,2,5-6H2,1H3. The summed E-state index contributed by atoms with van der Waals surface area (Å²) in [6.07, 6.45) is 1.66. The fourth-order valence-electron chi connectivity index (χ4n) is 2.35. The van der Waals surface area contributed by atoms with Crippen LogP contribution < -0.4 is 0 Å². The number of hydrogen-bond donors (Lipinski definition) is 0. The quantitative estimate of drug-likeness (QED) is 0.791. The molecule has 1 aliphatic rings. The first-order valence-corrected chi connectivity index (χ1v) is 6.90. The molecule has 4 heteroatoms. The fraction of sp³-hybridized carbons (Fsp3) is 0.357. The third kappa shape index (κ3) is 1.63. The van der Waals surface area contributed by atoms with Crippen molar-refractivity contribution in [1.82, 2.24) is 0 Å². The first-order chi connectivity index (χ1) is 8.67. The smallest absolute Gasteiger partial charge is 0.316 e. The van der Waals surface area contributed by atoms with Gasteiger partial charge in [0.1, 0.15) is 5.82 Å². The highest BCUT2D eigenvalue weighted by molar-refractivity contribution is 7.17. The number of ether oxygens (including phenoxy) is 1. The number of rotatable bonds is 3. The molecule has 3 rings (SSSR count). The third-order valence-electron chi connectivity index (χ3n) is 3.47. The first kappa shape index (κ1) is 11.7. The Kier molecular flexibility index (Phi) is 2.63. The summed E-state index contributed by atoms with van der Waals surface area (Å²) in [4.78, 5) is 12.0. The van der Waals surface area contributed by atoms with Gasteiger partial charge in [0, 0.05) is 4.70 Å². The molecule has 1 aromatic carbocycles. The summed E-state index contributed by atoms with van der Waals surface area (Å²) in [5, 5.41) is 2.94. The Morgan fingerprint density at radius 1 is 1.50 bits per heavy atom. The molecule has 0 saturated heterocycles. The Bertz CT molecular complexity index is 613. The van der Waals surface area contributed by atoms with Crippen LogP contribution in [-0.4, -0.2) is 12.6 Å². The summed E-state index contributed by atoms with van der Waals surface area (Å²) in [7, 11) is 0. The number of fused-ring (bicyclic) bond motifs is 1. The van der Waals surface area contributed by atoms with Crippen molar-refractivity contribution in [1.29, 1.82) is 0 Å². The number of halogens is 1. The van der Waals surface area contributed by atoms with Crippen molar-refractivity contribution < 1.29 is 13.9 Å². The van der Waals surface area contributed by atoms with Crippen LogP contribution in [0.25, 0.3) is 10.1 Å². The monoisotopic (exact) mass is 264 g/mol. The van der Waals surface area contributed by atoms with E-state index in [1.807, 2.05) is 12.3 Å². The predicted molar refractivity (Wildman–Crippen MR) is 69.3 cm³/mol. The second-order valence-corrected chi connectivity index (χ2v) is 5.50. The molecule has 1 fully saturated rings. The molecule has 1 aliphatic carbocycles. The van der Waals surface area contributed by atoms with Gasteiger partial charge in [0.2, 0.25) is 0 Å². The van der Waals surface area contributed by atoms with Crippen molar-refractivity contribution in [3.8, 4) is 0 Å². The first-order valence-electron chi connectivity index (χ1n) is 6.02. The summed E-state index contributed by atoms with van der Waals surface area (Å²) < 4.78 is 19.2. The van der Waals surface area contributed by atoms with Gasteiger partial charge in [-0.2, -0.15) is 0 Å². The van der Waals surface area contributed by atoms with E-state index < -0.39 is 5.41 Å². The number of esters is 1. The van der Waals surface area contributed by atoms with Gasteiger partial charge >= 0.3 is 5.97 Å². The predicted octanol–water partition coefficient (Wildman–Crippen LogP) is 3.64. The number of hydrogen-bond acceptors (Lipinski definition) is 3. The molecule has 0 radical (unpaired) electrons. The molecule has 2 aromatic rings. The van der Waals surface area contributed by atoms with E-state index in [0.717, 1.165) is 28.5 Å². The van der Waals surface area contributed by atoms with Gasteiger partial charge in [0.15, 0.2) is 0 Å². The van der Waals surface area contributed by atoms with E-state index in [1.165, 1.54) is 23.5 Å². The Morgan fingerprint density at radius 3 is 2.94 bits per heavy atom. The zero-order valence-electron chi connectivity index (χ0n) is 10.0. The van der Waals surface area contributed by atoms with Crippen LogP contribution in [0.4, 0.5) is 4.39 Å². The maximum Gasteiger partial charge on any atom is 0.316 e. The minimum absolute atomic E-state index is 0.144. The second-order valence-electron chi connectivity index (χ2n) is 4.59. The largest absolute Gasteiger partial charge is 0.465 e. The highest BCUT2D eigenvalue weighted by atomic mass is 32.1. The molecule has 1 saturated carbocycles. The average Bonchev–Trinajstić information content (AvgIpc) is 3.05. The lowest BCUT2D eigenvalue weighted by Crippen LogP contribution is -2.22. The van der Waals surface area contributed by atoms with Crippen molar-refractivity contribution in [2.45, 2.75) is 25.2 Å². The van der Waals surface area contributed by atoms with Crippen LogP contribution in [0.2, 0.25) is 0 Å². The molecule has 0 N–H and O–H groups in total. The number of benzene rings is 1. The summed E-state index contributed by atoms with van der Waals surface area (Å²) in [5.41, 5.74) is 0.535. The fourth-order valence-corrected chi connectivity index (χ4v) is 3.43. The molecule has 0 spiro atoms. The van der Waals surface area contributed by atoms with E-state index in [2.05, 4.69) is 0 Å². The summed E-state index contributed by atoms with van der Waals surface area (Å²) in [5.74, 6) is -0.383. The Hall–Kier alpha value is -1.42. The zero-order chi connectivity index (χ0) is 12.8. The van der Waals surface area contributed by atoms with Gasteiger partial charge in [0.25, 0.3) is 0 Å². The van der Waals surface area contributed by atoms with Crippen LogP contribution >= 0.6 is 11.3 Å². The molecule has 94 valence electrons. The SMILES string of the molecule is CCOC(=O)C1(c2csc3cc(F)ccc23)CC1. The molecule has 0 atom stereocenters. The maximum atomic E-state index is 13.2. The van der Waals surface area contributed by atoms with E-state index in [-0.39, 0.29) is 11.8 Å². The van der Waals surface area contributed by atoms with E-state index >= 15 is 0 Å². The van der Waals surface area contributed by atoms with Crippen LogP contribution in [0, 0.1) is 5.82 Å². The van der Waals surface area contributed by atoms with Crippen molar-refractivity contribution in [3.63, 3.8) is 0 Å². The van der Waals surface area contributed by atoms with Gasteiger partial charge in [-0.1, -0.05) is 6.07 Å². The van der Waals surface area contributed by atoms with E-state index in [4.69, 9.17) is 4.74 Å². The Labute approximate surface area is 108 Å². The molecular formula is C14H13FO2S. The summed E-state index contributed by atoms with van der Waals surface area (Å²) >= 11 is 1.48. The van der Waals surface area contributed by atoms with Gasteiger partial charge in [0.05, 0.1) is 12.0 Å². The lowest BCUT2D eigenvalue weighted by molar-refractivity contribution is -0.146. The van der Waals surface area contributed by atoms with Crippen LogP contribution in [0.5, 0.6) is 0 Å². The molecule has 0 unspecified atom stereocenters. The number of thiophene rings is 1. The van der Waals surface area contributed by atoms with E-state index in [9.17, 15) is 9.18 Å². The van der Waals surface area contributed by atoms with Crippen LogP contribution in [0.15, 0.2) is 23.6 Å². The molecule has 1 aromatic heterocycles. The molecular weight excluding hydrogens is 251 g/mol. The van der Waals surface area contributed by atoms with Gasteiger partial charge in [-0.15, -0.1) is 11.3 Å². The molecule has 0 bridgehead atoms. The zero-order valence-corrected chi connectivity index (χ0v) is 10.8. The second kappa shape index (κ2) is 4.05. The van der Waals surface area contributed by atoms with E-state index in [1.54, 1.807) is 6.07 Å². The highest BCUT2D eigenvalue weighted by Gasteiger charge is 2.53. The number of carbonyl (C=O) groups is 1. The maximum absolute atomic E-state index is 13.2. The normalized spacial score (nSPS) is 16.8. The third-order valence-corrected chi connectivity index (χ3v) is 4.41. The topological polar surface area (TPSA) is 26.3 Å². The van der Waals surface area contributed by atoms with Gasteiger partial charge in [-0.25, -0.2) is 4.39 Å². The molecule has 0 aliphatic heterocycles. The average molecular weight is 264 g/mol. The number of carbonyl (C=O) groups excluding carboxylic acids is 1. The van der Waals surface area contributed by atoms with Crippen molar-refractivity contribution in [2.75, 3.05) is 6.61 Å². The molecule has 0 amide bonds. The Morgan fingerprint density at radius 2 is 2.28 bits per heavy atom. The van der Waals surface area contributed by atoms with Crippen molar-refractivity contribution in [2.24, 2.45) is 0 Å². The lowest BCUT2D eigenvalue weighted by atomic mass is 9.95. The van der Waals surface area contributed by atoms with Gasteiger partial charge in [-0.3, -0.25) is 4.79 Å². The highest BCUT2D eigenvalue weighted by Crippen LogP contribution is 2.52. The van der Waals surface area contributed by atoms with Crippen molar-refractivity contribution in [3.05, 3.63) is 35.0 Å². The van der Waals surface area contributed by atoms with Gasteiger partial charge < -0.3 is 4.74 Å². The van der Waals surface area contributed by atoms with Crippen LogP contribution in [0.1, 0.15) is 25.3 Å². The van der Waals surface area contributed by atoms with Crippen LogP contribution in [0.3, 0.4) is 0 Å². The minimum Gasteiger partial charge on any atom is -0.465 e. The summed E-state index contributed by atoms with van der Waals surface area (Å²) in [6, 6.07) is 4.72.